The molecule has 19 heavy (non-hydrogen) atoms. The molecule has 0 aromatic carbocycles. The average molecular weight is 292 g/mol. The molecule has 1 aliphatic rings. The van der Waals surface area contributed by atoms with E-state index in [4.69, 9.17) is 0 Å². The van der Waals surface area contributed by atoms with Crippen molar-refractivity contribution in [3.8, 4) is 0 Å². The van der Waals surface area contributed by atoms with E-state index >= 15 is 0 Å². The molecule has 1 heterocycles. The van der Waals surface area contributed by atoms with Gasteiger partial charge in [-0.3, -0.25) is 9.59 Å². The Bertz CT molecular complexity index is 290. The highest BCUT2D eigenvalue weighted by atomic mass is 35.5. The summed E-state index contributed by atoms with van der Waals surface area (Å²) in [6.07, 6.45) is 3.09. The van der Waals surface area contributed by atoms with Gasteiger partial charge in [0, 0.05) is 20.1 Å². The number of carbonyl (C=O) groups is 2. The number of rotatable bonds is 5. The Balaban J connectivity index is 0.00000324. The Morgan fingerprint density at radius 1 is 1.21 bits per heavy atom. The minimum Gasteiger partial charge on any atom is -0.342 e. The van der Waals surface area contributed by atoms with Crippen LogP contribution in [-0.4, -0.2) is 60.9 Å². The summed E-state index contributed by atoms with van der Waals surface area (Å²) >= 11 is 0. The molecule has 1 saturated heterocycles. The Kier molecular flexibility index (Phi) is 8.76. The second-order valence-electron chi connectivity index (χ2n) is 4.76. The molecule has 1 fully saturated rings. The molecule has 0 aromatic heterocycles. The molecule has 1 N–H and O–H groups in total. The number of hydrogen-bond acceptors (Lipinski definition) is 3. The summed E-state index contributed by atoms with van der Waals surface area (Å²) in [5.74, 6) is 0.0573. The minimum absolute atomic E-state index is 0. The molecule has 112 valence electrons. The first kappa shape index (κ1) is 18.2. The number of halogens is 1. The van der Waals surface area contributed by atoms with Crippen LogP contribution in [0.3, 0.4) is 0 Å². The van der Waals surface area contributed by atoms with Gasteiger partial charge in [0.2, 0.25) is 11.8 Å². The van der Waals surface area contributed by atoms with Crippen molar-refractivity contribution < 1.29 is 9.59 Å². The highest BCUT2D eigenvalue weighted by Gasteiger charge is 2.25. The Morgan fingerprint density at radius 3 is 2.32 bits per heavy atom. The molecule has 0 bridgehead atoms. The molecule has 0 saturated carbocycles. The first-order valence-corrected chi connectivity index (χ1v) is 6.86. The van der Waals surface area contributed by atoms with E-state index in [0.717, 1.165) is 25.8 Å². The van der Waals surface area contributed by atoms with Crippen LogP contribution in [0.15, 0.2) is 0 Å². The normalized spacial score (nSPS) is 18.4. The summed E-state index contributed by atoms with van der Waals surface area (Å²) in [4.78, 5) is 27.3. The summed E-state index contributed by atoms with van der Waals surface area (Å²) in [5, 5.41) is 3.21. The molecule has 5 nitrogen and oxygen atoms in total. The zero-order chi connectivity index (χ0) is 13.5. The van der Waals surface area contributed by atoms with Crippen LogP contribution in [0.2, 0.25) is 0 Å². The summed E-state index contributed by atoms with van der Waals surface area (Å²) in [6, 6.07) is -0.103. The number of likely N-dealkylation sites (N-methyl/N-ethyl adjacent to an activating group) is 2. The zero-order valence-corrected chi connectivity index (χ0v) is 13.0. The van der Waals surface area contributed by atoms with Crippen LogP contribution >= 0.6 is 12.4 Å². The van der Waals surface area contributed by atoms with Crippen LogP contribution in [0, 0.1) is 0 Å². The van der Waals surface area contributed by atoms with Crippen molar-refractivity contribution >= 4 is 24.2 Å². The molecule has 1 atom stereocenters. The maximum atomic E-state index is 12.1. The van der Waals surface area contributed by atoms with Gasteiger partial charge in [-0.1, -0.05) is 6.42 Å². The van der Waals surface area contributed by atoms with E-state index < -0.39 is 0 Å². The topological polar surface area (TPSA) is 52.7 Å². The Labute approximate surface area is 122 Å². The van der Waals surface area contributed by atoms with Crippen LogP contribution in [0.4, 0.5) is 0 Å². The third-order valence-electron chi connectivity index (χ3n) is 3.47. The van der Waals surface area contributed by atoms with Gasteiger partial charge in [-0.25, -0.2) is 0 Å². The molecule has 1 unspecified atom stereocenters. The van der Waals surface area contributed by atoms with Gasteiger partial charge >= 0.3 is 0 Å². The lowest BCUT2D eigenvalue weighted by molar-refractivity contribution is -0.140. The van der Waals surface area contributed by atoms with Gasteiger partial charge in [-0.2, -0.15) is 0 Å². The van der Waals surface area contributed by atoms with Crippen LogP contribution in [0.5, 0.6) is 0 Å². The molecular formula is C13H26ClN3O2. The van der Waals surface area contributed by atoms with E-state index in [2.05, 4.69) is 5.32 Å². The van der Waals surface area contributed by atoms with Crippen molar-refractivity contribution in [2.45, 2.75) is 39.2 Å². The van der Waals surface area contributed by atoms with E-state index in [1.165, 1.54) is 0 Å². The third-order valence-corrected chi connectivity index (χ3v) is 3.47. The van der Waals surface area contributed by atoms with Gasteiger partial charge in [-0.15, -0.1) is 12.4 Å². The summed E-state index contributed by atoms with van der Waals surface area (Å²) in [5.41, 5.74) is 0. The summed E-state index contributed by atoms with van der Waals surface area (Å²) in [7, 11) is 1.71. The minimum atomic E-state index is -0.103. The SMILES string of the molecule is CCN(CC)C(=O)CN(C)C(=O)C1CCCCN1.Cl. The fourth-order valence-corrected chi connectivity index (χ4v) is 2.29. The fraction of sp³-hybridized carbons (Fsp3) is 0.846. The second kappa shape index (κ2) is 9.15. The van der Waals surface area contributed by atoms with Crippen LogP contribution in [-0.2, 0) is 9.59 Å². The molecule has 0 radical (unpaired) electrons. The maximum Gasteiger partial charge on any atom is 0.242 e. The monoisotopic (exact) mass is 291 g/mol. The van der Waals surface area contributed by atoms with Gasteiger partial charge in [0.1, 0.15) is 0 Å². The van der Waals surface area contributed by atoms with Gasteiger partial charge in [0.15, 0.2) is 0 Å². The Hall–Kier alpha value is -0.810. The molecule has 0 spiro atoms. The second-order valence-corrected chi connectivity index (χ2v) is 4.76. The van der Waals surface area contributed by atoms with Crippen molar-refractivity contribution in [2.24, 2.45) is 0 Å². The van der Waals surface area contributed by atoms with Crippen LogP contribution in [0.1, 0.15) is 33.1 Å². The van der Waals surface area contributed by atoms with Gasteiger partial charge in [-0.05, 0) is 33.2 Å². The van der Waals surface area contributed by atoms with Crippen LogP contribution < -0.4 is 5.32 Å². The number of hydrogen-bond donors (Lipinski definition) is 1. The van der Waals surface area contributed by atoms with Crippen molar-refractivity contribution in [3.05, 3.63) is 0 Å². The molecular weight excluding hydrogens is 266 g/mol. The maximum absolute atomic E-state index is 12.1. The highest BCUT2D eigenvalue weighted by Crippen LogP contribution is 2.09. The lowest BCUT2D eigenvalue weighted by atomic mass is 10.0. The van der Waals surface area contributed by atoms with Crippen molar-refractivity contribution in [1.29, 1.82) is 0 Å². The van der Waals surface area contributed by atoms with Crippen molar-refractivity contribution in [1.82, 2.24) is 15.1 Å². The lowest BCUT2D eigenvalue weighted by Crippen LogP contribution is -2.50. The predicted octanol–water partition coefficient (Wildman–Crippen LogP) is 0.877. The number of amides is 2. The first-order chi connectivity index (χ1) is 8.60. The lowest BCUT2D eigenvalue weighted by Gasteiger charge is -2.28. The molecule has 6 heteroatoms. The molecule has 1 aliphatic heterocycles. The predicted molar refractivity (Wildman–Crippen MR) is 78.5 cm³/mol. The standard InChI is InChI=1S/C13H25N3O2.ClH/c1-4-16(5-2)12(17)10-15(3)13(18)11-8-6-7-9-14-11;/h11,14H,4-10H2,1-3H3;1H. The quantitative estimate of drug-likeness (QED) is 0.818. The smallest absolute Gasteiger partial charge is 0.242 e. The van der Waals surface area contributed by atoms with Gasteiger partial charge in [0.05, 0.1) is 12.6 Å². The number of piperidine rings is 1. The van der Waals surface area contributed by atoms with E-state index in [1.54, 1.807) is 16.8 Å². The number of nitrogens with zero attached hydrogens (tertiary/aromatic N) is 2. The van der Waals surface area contributed by atoms with E-state index in [1.807, 2.05) is 13.8 Å². The third kappa shape index (κ3) is 5.37. The average Bonchev–Trinajstić information content (AvgIpc) is 2.40. The highest BCUT2D eigenvalue weighted by molar-refractivity contribution is 5.87. The largest absolute Gasteiger partial charge is 0.342 e. The molecule has 2 amide bonds. The Morgan fingerprint density at radius 2 is 1.84 bits per heavy atom. The molecule has 0 aromatic rings. The van der Waals surface area contributed by atoms with E-state index in [-0.39, 0.29) is 36.8 Å². The number of nitrogens with one attached hydrogen (secondary N) is 1. The van der Waals surface area contributed by atoms with E-state index in [9.17, 15) is 9.59 Å². The summed E-state index contributed by atoms with van der Waals surface area (Å²) < 4.78 is 0. The zero-order valence-electron chi connectivity index (χ0n) is 12.1. The first-order valence-electron chi connectivity index (χ1n) is 6.86. The van der Waals surface area contributed by atoms with Crippen molar-refractivity contribution in [2.75, 3.05) is 33.2 Å². The van der Waals surface area contributed by atoms with E-state index in [0.29, 0.717) is 13.1 Å². The summed E-state index contributed by atoms with van der Waals surface area (Å²) in [6.45, 7) is 6.36. The molecule has 1 rings (SSSR count). The fourth-order valence-electron chi connectivity index (χ4n) is 2.29. The van der Waals surface area contributed by atoms with Crippen LogP contribution in [0.25, 0.3) is 0 Å². The van der Waals surface area contributed by atoms with Crippen molar-refractivity contribution in [3.63, 3.8) is 0 Å². The molecule has 0 aliphatic carbocycles. The van der Waals surface area contributed by atoms with Gasteiger partial charge < -0.3 is 15.1 Å². The van der Waals surface area contributed by atoms with Gasteiger partial charge in [0.25, 0.3) is 0 Å². The number of carbonyl (C=O) groups excluding carboxylic acids is 2.